The van der Waals surface area contributed by atoms with Gasteiger partial charge >= 0.3 is 5.97 Å². The monoisotopic (exact) mass is 176 g/mol. The molecule has 0 radical (unpaired) electrons. The predicted molar refractivity (Wildman–Crippen MR) is 44.6 cm³/mol. The van der Waals surface area contributed by atoms with E-state index in [0.717, 1.165) is 11.8 Å². The standard InChI is InChI=1S/C7H12O3S/c1-7(2,3)11-6(10)4-5(8)9/h4H2,1-3H3,(H,8,9). The first-order chi connectivity index (χ1) is 4.81. The van der Waals surface area contributed by atoms with Gasteiger partial charge in [0.25, 0.3) is 0 Å². The van der Waals surface area contributed by atoms with Crippen LogP contribution in [0.2, 0.25) is 0 Å². The molecule has 3 nitrogen and oxygen atoms in total. The fourth-order valence-corrected chi connectivity index (χ4v) is 1.38. The van der Waals surface area contributed by atoms with E-state index in [0.29, 0.717) is 0 Å². The minimum atomic E-state index is -1.06. The van der Waals surface area contributed by atoms with Crippen LogP contribution in [0.3, 0.4) is 0 Å². The van der Waals surface area contributed by atoms with Crippen LogP contribution in [0.1, 0.15) is 27.2 Å². The zero-order chi connectivity index (χ0) is 9.07. The molecule has 0 saturated carbocycles. The number of aliphatic carboxylic acids is 1. The summed E-state index contributed by atoms with van der Waals surface area (Å²) < 4.78 is -0.188. The van der Waals surface area contributed by atoms with Crippen molar-refractivity contribution in [2.75, 3.05) is 0 Å². The zero-order valence-corrected chi connectivity index (χ0v) is 7.70. The van der Waals surface area contributed by atoms with Gasteiger partial charge in [-0.1, -0.05) is 32.5 Å². The number of hydrogen-bond donors (Lipinski definition) is 1. The van der Waals surface area contributed by atoms with Gasteiger partial charge in [0.05, 0.1) is 0 Å². The van der Waals surface area contributed by atoms with E-state index in [1.165, 1.54) is 0 Å². The van der Waals surface area contributed by atoms with Gasteiger partial charge in [-0.3, -0.25) is 9.59 Å². The minimum Gasteiger partial charge on any atom is -0.481 e. The van der Waals surface area contributed by atoms with Gasteiger partial charge in [0.2, 0.25) is 5.12 Å². The Bertz CT molecular complexity index is 169. The Morgan fingerprint density at radius 3 is 2.09 bits per heavy atom. The maximum absolute atomic E-state index is 10.9. The normalized spacial score (nSPS) is 11.2. The highest BCUT2D eigenvalue weighted by molar-refractivity contribution is 8.14. The lowest BCUT2D eigenvalue weighted by Gasteiger charge is -2.14. The Labute approximate surface area is 70.2 Å². The maximum atomic E-state index is 10.9. The van der Waals surface area contributed by atoms with E-state index in [4.69, 9.17) is 5.11 Å². The molecule has 11 heavy (non-hydrogen) atoms. The van der Waals surface area contributed by atoms with Crippen LogP contribution in [0.5, 0.6) is 0 Å². The van der Waals surface area contributed by atoms with Crippen molar-refractivity contribution in [3.05, 3.63) is 0 Å². The number of carboxylic acids is 1. The predicted octanol–water partition coefficient (Wildman–Crippen LogP) is 1.52. The van der Waals surface area contributed by atoms with E-state index in [1.807, 2.05) is 20.8 Å². The van der Waals surface area contributed by atoms with Gasteiger partial charge in [-0.05, 0) is 0 Å². The van der Waals surface area contributed by atoms with Crippen LogP contribution < -0.4 is 0 Å². The number of hydrogen-bond acceptors (Lipinski definition) is 3. The molecule has 0 bridgehead atoms. The SMILES string of the molecule is CC(C)(C)SC(=O)CC(=O)O. The number of carboxylic acid groups (broad SMARTS) is 1. The lowest BCUT2D eigenvalue weighted by Crippen LogP contribution is -2.14. The Balaban J connectivity index is 3.80. The number of rotatable bonds is 2. The van der Waals surface area contributed by atoms with E-state index in [9.17, 15) is 9.59 Å². The second-order valence-corrected chi connectivity index (χ2v) is 5.04. The largest absolute Gasteiger partial charge is 0.481 e. The maximum Gasteiger partial charge on any atom is 0.311 e. The second kappa shape index (κ2) is 3.76. The van der Waals surface area contributed by atoms with Gasteiger partial charge in [-0.25, -0.2) is 0 Å². The molecule has 0 heterocycles. The molecule has 0 rings (SSSR count). The van der Waals surface area contributed by atoms with Crippen molar-refractivity contribution in [1.82, 2.24) is 0 Å². The van der Waals surface area contributed by atoms with E-state index in [-0.39, 0.29) is 16.3 Å². The molecular weight excluding hydrogens is 164 g/mol. The van der Waals surface area contributed by atoms with Crippen LogP contribution in [0.4, 0.5) is 0 Å². The molecule has 0 saturated heterocycles. The first-order valence-electron chi connectivity index (χ1n) is 3.25. The van der Waals surface area contributed by atoms with Crippen molar-refractivity contribution in [3.8, 4) is 0 Å². The Morgan fingerprint density at radius 2 is 1.82 bits per heavy atom. The highest BCUT2D eigenvalue weighted by Gasteiger charge is 2.18. The Hall–Kier alpha value is -0.510. The summed E-state index contributed by atoms with van der Waals surface area (Å²) in [6.45, 7) is 5.62. The van der Waals surface area contributed by atoms with Crippen LogP contribution in [0.15, 0.2) is 0 Å². The molecule has 4 heteroatoms. The van der Waals surface area contributed by atoms with Gasteiger partial charge in [0.1, 0.15) is 6.42 Å². The molecular formula is C7H12O3S. The molecule has 0 aromatic rings. The van der Waals surface area contributed by atoms with Crippen LogP contribution in [0, 0.1) is 0 Å². The number of thioether (sulfide) groups is 1. The summed E-state index contributed by atoms with van der Waals surface area (Å²) in [6, 6.07) is 0. The average Bonchev–Trinajstić information content (AvgIpc) is 1.53. The molecule has 0 aromatic heterocycles. The van der Waals surface area contributed by atoms with Crippen LogP contribution in [-0.4, -0.2) is 20.9 Å². The summed E-state index contributed by atoms with van der Waals surface area (Å²) in [5, 5.41) is 7.96. The quantitative estimate of drug-likeness (QED) is 0.648. The second-order valence-electron chi connectivity index (χ2n) is 3.16. The van der Waals surface area contributed by atoms with Crippen molar-refractivity contribution in [3.63, 3.8) is 0 Å². The molecule has 0 aliphatic rings. The summed E-state index contributed by atoms with van der Waals surface area (Å²) in [5.41, 5.74) is 0. The molecule has 64 valence electrons. The average molecular weight is 176 g/mol. The molecule has 0 amide bonds. The molecule has 0 fully saturated rings. The summed E-state index contributed by atoms with van der Waals surface area (Å²) in [6.07, 6.45) is -0.387. The van der Waals surface area contributed by atoms with Crippen LogP contribution in [0.25, 0.3) is 0 Å². The van der Waals surface area contributed by atoms with E-state index < -0.39 is 5.97 Å². The topological polar surface area (TPSA) is 54.4 Å². The molecule has 0 unspecified atom stereocenters. The molecule has 0 aromatic carbocycles. The summed E-state index contributed by atoms with van der Waals surface area (Å²) >= 11 is 1.07. The minimum absolute atomic E-state index is 0.188. The Morgan fingerprint density at radius 1 is 1.36 bits per heavy atom. The van der Waals surface area contributed by atoms with Crippen LogP contribution in [-0.2, 0) is 9.59 Å². The Kier molecular flexibility index (Phi) is 3.58. The molecule has 0 spiro atoms. The molecule has 0 aliphatic carbocycles. The third-order valence-corrected chi connectivity index (χ3v) is 1.70. The van der Waals surface area contributed by atoms with E-state index in [1.54, 1.807) is 0 Å². The third-order valence-electron chi connectivity index (χ3n) is 0.716. The van der Waals surface area contributed by atoms with Crippen molar-refractivity contribution >= 4 is 22.8 Å². The van der Waals surface area contributed by atoms with Gasteiger partial charge in [0.15, 0.2) is 0 Å². The van der Waals surface area contributed by atoms with Gasteiger partial charge < -0.3 is 5.11 Å². The van der Waals surface area contributed by atoms with Gasteiger partial charge in [-0.2, -0.15) is 0 Å². The lowest BCUT2D eigenvalue weighted by molar-refractivity contribution is -0.138. The van der Waals surface area contributed by atoms with Crippen molar-refractivity contribution in [1.29, 1.82) is 0 Å². The van der Waals surface area contributed by atoms with Gasteiger partial charge in [-0.15, -0.1) is 0 Å². The lowest BCUT2D eigenvalue weighted by atomic mass is 10.3. The molecule has 0 aliphatic heterocycles. The summed E-state index contributed by atoms with van der Waals surface area (Å²) in [5.74, 6) is -1.06. The van der Waals surface area contributed by atoms with Crippen molar-refractivity contribution in [2.45, 2.75) is 31.9 Å². The highest BCUT2D eigenvalue weighted by atomic mass is 32.2. The summed E-state index contributed by atoms with van der Waals surface area (Å²) in [7, 11) is 0. The zero-order valence-electron chi connectivity index (χ0n) is 6.88. The molecule has 0 atom stereocenters. The van der Waals surface area contributed by atoms with E-state index in [2.05, 4.69) is 0 Å². The number of carbonyl (C=O) groups excluding carboxylic acids is 1. The van der Waals surface area contributed by atoms with E-state index >= 15 is 0 Å². The first-order valence-corrected chi connectivity index (χ1v) is 4.06. The van der Waals surface area contributed by atoms with Crippen molar-refractivity contribution in [2.24, 2.45) is 0 Å². The third kappa shape index (κ3) is 7.39. The fraction of sp³-hybridized carbons (Fsp3) is 0.714. The first kappa shape index (κ1) is 10.5. The molecule has 1 N–H and O–H groups in total. The van der Waals surface area contributed by atoms with Gasteiger partial charge in [0, 0.05) is 4.75 Å². The highest BCUT2D eigenvalue weighted by Crippen LogP contribution is 2.24. The fourth-order valence-electron chi connectivity index (χ4n) is 0.501. The summed E-state index contributed by atoms with van der Waals surface area (Å²) in [4.78, 5) is 20.9. The van der Waals surface area contributed by atoms with Crippen molar-refractivity contribution < 1.29 is 14.7 Å². The number of carbonyl (C=O) groups is 2. The van der Waals surface area contributed by atoms with Crippen LogP contribution >= 0.6 is 11.8 Å². The smallest absolute Gasteiger partial charge is 0.311 e.